The highest BCUT2D eigenvalue weighted by atomic mass is 35.5. The standard InChI is InChI=1S/C10H15ClFN5O2/c11-8-6(13)9(17-10(14)16-8)15-4-1-3(2-18)7(19)5(4)12/h3-5,7,18-19H,1-2,13H2,(H3,14,15,16,17)/t3-,4-,5-,7-/m1/s1. The summed E-state index contributed by atoms with van der Waals surface area (Å²) in [6, 6.07) is -0.722. The molecule has 106 valence electrons. The van der Waals surface area contributed by atoms with Gasteiger partial charge in [0.25, 0.3) is 0 Å². The molecule has 1 aliphatic carbocycles. The van der Waals surface area contributed by atoms with E-state index in [1.807, 2.05) is 0 Å². The second-order valence-electron chi connectivity index (χ2n) is 4.50. The van der Waals surface area contributed by atoms with Gasteiger partial charge in [-0.3, -0.25) is 0 Å². The Morgan fingerprint density at radius 2 is 2.11 bits per heavy atom. The van der Waals surface area contributed by atoms with E-state index in [0.29, 0.717) is 0 Å². The minimum atomic E-state index is -1.54. The first-order valence-corrected chi connectivity index (χ1v) is 6.09. The molecule has 0 bridgehead atoms. The van der Waals surface area contributed by atoms with E-state index >= 15 is 0 Å². The largest absolute Gasteiger partial charge is 0.396 e. The molecule has 7 N–H and O–H groups in total. The number of nitrogens with two attached hydrogens (primary N) is 2. The van der Waals surface area contributed by atoms with Crippen LogP contribution in [0.1, 0.15) is 6.42 Å². The summed E-state index contributed by atoms with van der Waals surface area (Å²) in [5.41, 5.74) is 11.2. The lowest BCUT2D eigenvalue weighted by molar-refractivity contribution is 0.0444. The second-order valence-corrected chi connectivity index (χ2v) is 4.86. The van der Waals surface area contributed by atoms with E-state index in [1.54, 1.807) is 0 Å². The first-order valence-electron chi connectivity index (χ1n) is 5.72. The van der Waals surface area contributed by atoms with Crippen LogP contribution in [0.4, 0.5) is 21.8 Å². The molecule has 1 fully saturated rings. The normalized spacial score (nSPS) is 30.5. The summed E-state index contributed by atoms with van der Waals surface area (Å²) in [5.74, 6) is -0.492. The van der Waals surface area contributed by atoms with Crippen molar-refractivity contribution in [2.75, 3.05) is 23.4 Å². The van der Waals surface area contributed by atoms with Crippen LogP contribution in [0.5, 0.6) is 0 Å². The molecule has 2 rings (SSSR count). The van der Waals surface area contributed by atoms with Gasteiger partial charge in [0.15, 0.2) is 11.0 Å². The highest BCUT2D eigenvalue weighted by Crippen LogP contribution is 2.33. The molecule has 1 aliphatic rings. The third kappa shape index (κ3) is 2.65. The molecule has 9 heteroatoms. The van der Waals surface area contributed by atoms with Gasteiger partial charge < -0.3 is 27.0 Å². The van der Waals surface area contributed by atoms with Gasteiger partial charge in [0.1, 0.15) is 11.9 Å². The molecule has 1 heterocycles. The molecule has 0 aliphatic heterocycles. The zero-order valence-corrected chi connectivity index (χ0v) is 10.7. The van der Waals surface area contributed by atoms with Crippen molar-refractivity contribution in [1.82, 2.24) is 9.97 Å². The smallest absolute Gasteiger partial charge is 0.223 e. The SMILES string of the molecule is Nc1nc(Cl)c(N)c(N[C@@H]2C[C@H](CO)[C@@H](O)[C@@H]2F)n1. The third-order valence-corrected chi connectivity index (χ3v) is 3.51. The zero-order valence-electron chi connectivity index (χ0n) is 9.92. The fourth-order valence-corrected chi connectivity index (χ4v) is 2.33. The Balaban J connectivity index is 2.18. The summed E-state index contributed by atoms with van der Waals surface area (Å²) < 4.78 is 13.9. The molecule has 0 saturated heterocycles. The molecule has 19 heavy (non-hydrogen) atoms. The molecule has 0 radical (unpaired) electrons. The van der Waals surface area contributed by atoms with Gasteiger partial charge in [-0.2, -0.15) is 9.97 Å². The van der Waals surface area contributed by atoms with Crippen LogP contribution in [0.3, 0.4) is 0 Å². The topological polar surface area (TPSA) is 130 Å². The summed E-state index contributed by atoms with van der Waals surface area (Å²) >= 11 is 5.75. The van der Waals surface area contributed by atoms with Crippen LogP contribution in [0.25, 0.3) is 0 Å². The van der Waals surface area contributed by atoms with Crippen LogP contribution >= 0.6 is 11.6 Å². The molecule has 0 spiro atoms. The number of nitrogen functional groups attached to an aromatic ring is 2. The van der Waals surface area contributed by atoms with Crippen LogP contribution in [0, 0.1) is 5.92 Å². The number of rotatable bonds is 3. The maximum Gasteiger partial charge on any atom is 0.223 e. The summed E-state index contributed by atoms with van der Waals surface area (Å²) in [6.45, 7) is -0.290. The van der Waals surface area contributed by atoms with Crippen molar-refractivity contribution in [3.63, 3.8) is 0 Å². The van der Waals surface area contributed by atoms with E-state index in [-0.39, 0.29) is 35.6 Å². The Bertz CT molecular complexity index is 477. The van der Waals surface area contributed by atoms with Gasteiger partial charge in [0.05, 0.1) is 12.1 Å². The summed E-state index contributed by atoms with van der Waals surface area (Å²) in [5, 5.41) is 21.4. The van der Waals surface area contributed by atoms with E-state index in [1.165, 1.54) is 0 Å². The van der Waals surface area contributed by atoms with Crippen molar-refractivity contribution < 1.29 is 14.6 Å². The second kappa shape index (κ2) is 5.32. The number of aliphatic hydroxyl groups is 2. The number of halogens is 2. The number of nitrogens with one attached hydrogen (secondary N) is 1. The lowest BCUT2D eigenvalue weighted by atomic mass is 10.1. The molecular weight excluding hydrogens is 277 g/mol. The maximum atomic E-state index is 13.9. The summed E-state index contributed by atoms with van der Waals surface area (Å²) in [6.07, 6.45) is -2.51. The number of hydrogen-bond acceptors (Lipinski definition) is 7. The first-order chi connectivity index (χ1) is 8.93. The third-order valence-electron chi connectivity index (χ3n) is 3.22. The molecule has 0 aromatic carbocycles. The van der Waals surface area contributed by atoms with Crippen molar-refractivity contribution in [1.29, 1.82) is 0 Å². The average molecular weight is 292 g/mol. The van der Waals surface area contributed by atoms with Gasteiger partial charge >= 0.3 is 0 Å². The predicted molar refractivity (Wildman–Crippen MR) is 69.4 cm³/mol. The molecule has 1 aromatic rings. The lowest BCUT2D eigenvalue weighted by Gasteiger charge is -2.18. The molecule has 7 nitrogen and oxygen atoms in total. The van der Waals surface area contributed by atoms with Crippen LogP contribution in [0.15, 0.2) is 0 Å². The van der Waals surface area contributed by atoms with Crippen molar-refractivity contribution in [3.8, 4) is 0 Å². The summed E-state index contributed by atoms with van der Waals surface area (Å²) in [7, 11) is 0. The van der Waals surface area contributed by atoms with Crippen LogP contribution in [-0.2, 0) is 0 Å². The fraction of sp³-hybridized carbons (Fsp3) is 0.600. The van der Waals surface area contributed by atoms with Gasteiger partial charge in [-0.05, 0) is 6.42 Å². The highest BCUT2D eigenvalue weighted by Gasteiger charge is 2.42. The minimum absolute atomic E-state index is 0.0253. The fourth-order valence-electron chi connectivity index (χ4n) is 2.16. The Morgan fingerprint density at radius 1 is 1.42 bits per heavy atom. The zero-order chi connectivity index (χ0) is 14.2. The molecule has 4 atom stereocenters. The number of aliphatic hydroxyl groups excluding tert-OH is 2. The van der Waals surface area contributed by atoms with E-state index in [0.717, 1.165) is 0 Å². The number of hydrogen-bond donors (Lipinski definition) is 5. The van der Waals surface area contributed by atoms with E-state index in [4.69, 9.17) is 28.2 Å². The number of aromatic nitrogens is 2. The quantitative estimate of drug-likeness (QED) is 0.487. The van der Waals surface area contributed by atoms with Crippen LogP contribution in [-0.4, -0.2) is 45.1 Å². The monoisotopic (exact) mass is 291 g/mol. The summed E-state index contributed by atoms with van der Waals surface area (Å²) in [4.78, 5) is 7.50. The van der Waals surface area contributed by atoms with Crippen LogP contribution < -0.4 is 16.8 Å². The van der Waals surface area contributed by atoms with E-state index in [9.17, 15) is 9.50 Å². The van der Waals surface area contributed by atoms with Gasteiger partial charge in [0.2, 0.25) is 5.95 Å². The Labute approximate surface area is 113 Å². The van der Waals surface area contributed by atoms with Gasteiger partial charge in [-0.25, -0.2) is 4.39 Å². The Hall–Kier alpha value is -1.38. The van der Waals surface area contributed by atoms with Gasteiger partial charge in [0, 0.05) is 12.5 Å². The van der Waals surface area contributed by atoms with Crippen LogP contribution in [0.2, 0.25) is 5.15 Å². The predicted octanol–water partition coefficient (Wildman–Crippen LogP) is -0.214. The molecule has 1 saturated carbocycles. The molecule has 0 unspecified atom stereocenters. The van der Waals surface area contributed by atoms with Gasteiger partial charge in [-0.15, -0.1) is 0 Å². The average Bonchev–Trinajstić information content (AvgIpc) is 2.63. The lowest BCUT2D eigenvalue weighted by Crippen LogP contribution is -2.32. The van der Waals surface area contributed by atoms with Crippen molar-refractivity contribution in [2.45, 2.75) is 24.7 Å². The number of nitrogens with zero attached hydrogens (tertiary/aromatic N) is 2. The highest BCUT2D eigenvalue weighted by molar-refractivity contribution is 6.32. The number of anilines is 3. The minimum Gasteiger partial charge on any atom is -0.396 e. The van der Waals surface area contributed by atoms with E-state index < -0.39 is 24.2 Å². The Morgan fingerprint density at radius 3 is 2.68 bits per heavy atom. The molecule has 1 aromatic heterocycles. The Kier molecular flexibility index (Phi) is 3.93. The van der Waals surface area contributed by atoms with E-state index in [2.05, 4.69) is 15.3 Å². The maximum absolute atomic E-state index is 13.9. The van der Waals surface area contributed by atoms with Crippen molar-refractivity contribution in [3.05, 3.63) is 5.15 Å². The molecular formula is C10H15ClFN5O2. The van der Waals surface area contributed by atoms with Crippen molar-refractivity contribution in [2.24, 2.45) is 5.92 Å². The molecule has 0 amide bonds. The van der Waals surface area contributed by atoms with Crippen molar-refractivity contribution >= 4 is 29.1 Å². The first kappa shape index (κ1) is 14.0. The van der Waals surface area contributed by atoms with Gasteiger partial charge in [-0.1, -0.05) is 11.6 Å². The number of alkyl halides is 1.